The van der Waals surface area contributed by atoms with Gasteiger partial charge in [0.05, 0.1) is 6.61 Å². The van der Waals surface area contributed by atoms with E-state index < -0.39 is 6.09 Å². The second-order valence-electron chi connectivity index (χ2n) is 4.03. The molecule has 0 aliphatic carbocycles. The van der Waals surface area contributed by atoms with E-state index in [9.17, 15) is 4.79 Å². The molecule has 0 rings (SSSR count). The van der Waals surface area contributed by atoms with Crippen LogP contribution in [0.3, 0.4) is 0 Å². The molecule has 0 aromatic carbocycles. The monoisotopic (exact) mass is 246 g/mol. The largest absolute Gasteiger partial charge is 0.438 e. The Labute approximate surface area is 104 Å². The molecule has 0 unspecified atom stereocenters. The first-order valence-corrected chi connectivity index (χ1v) is 6.58. The highest BCUT2D eigenvalue weighted by molar-refractivity contribution is 5.66. The number of hydrogen-bond acceptors (Lipinski definition) is 4. The summed E-state index contributed by atoms with van der Waals surface area (Å²) in [4.78, 5) is 20.4. The smallest absolute Gasteiger partial charge is 0.330 e. The van der Waals surface area contributed by atoms with Gasteiger partial charge in [0.1, 0.15) is 0 Å². The molecule has 5 nitrogen and oxygen atoms in total. The van der Waals surface area contributed by atoms with Crippen LogP contribution < -0.4 is 11.1 Å². The van der Waals surface area contributed by atoms with E-state index in [1.165, 1.54) is 0 Å². The number of hydrogen-bond donors (Lipinski definition) is 2. The van der Waals surface area contributed by atoms with Crippen LogP contribution in [-0.2, 0) is 9.78 Å². The van der Waals surface area contributed by atoms with Gasteiger partial charge >= 0.3 is 6.09 Å². The Kier molecular flexibility index (Phi) is 12.6. The number of rotatable bonds is 11. The number of unbranched alkanes of at least 4 members (excludes halogenated alkanes) is 5. The van der Waals surface area contributed by atoms with Crippen LogP contribution >= 0.6 is 0 Å². The van der Waals surface area contributed by atoms with E-state index in [1.54, 1.807) is 0 Å². The zero-order valence-corrected chi connectivity index (χ0v) is 10.9. The standard InChI is InChI=1S/C12H26N2O3/c1-2-3-8-11-16-17-12(15)14-10-7-5-4-6-9-13/h2-11,13H2,1H3,(H,14,15). The van der Waals surface area contributed by atoms with Crippen molar-refractivity contribution in [3.8, 4) is 0 Å². The summed E-state index contributed by atoms with van der Waals surface area (Å²) < 4.78 is 0. The highest BCUT2D eigenvalue weighted by Crippen LogP contribution is 1.97. The van der Waals surface area contributed by atoms with Gasteiger partial charge in [0.15, 0.2) is 0 Å². The predicted octanol–water partition coefficient (Wildman–Crippen LogP) is 2.35. The van der Waals surface area contributed by atoms with Gasteiger partial charge < -0.3 is 11.1 Å². The van der Waals surface area contributed by atoms with Crippen LogP contribution in [0.25, 0.3) is 0 Å². The molecule has 1 amide bonds. The summed E-state index contributed by atoms with van der Waals surface area (Å²) >= 11 is 0. The molecule has 0 aliphatic rings. The fraction of sp³-hybridized carbons (Fsp3) is 0.917. The average Bonchev–Trinajstić information content (AvgIpc) is 2.33. The zero-order valence-electron chi connectivity index (χ0n) is 10.9. The Morgan fingerprint density at radius 1 is 1.12 bits per heavy atom. The van der Waals surface area contributed by atoms with E-state index in [4.69, 9.17) is 10.6 Å². The molecule has 5 heteroatoms. The van der Waals surface area contributed by atoms with E-state index in [-0.39, 0.29) is 0 Å². The van der Waals surface area contributed by atoms with Crippen molar-refractivity contribution in [1.29, 1.82) is 0 Å². The fourth-order valence-electron chi connectivity index (χ4n) is 1.35. The molecular weight excluding hydrogens is 220 g/mol. The van der Waals surface area contributed by atoms with Crippen molar-refractivity contribution in [2.24, 2.45) is 5.73 Å². The molecule has 0 saturated carbocycles. The number of nitrogens with two attached hydrogens (primary N) is 1. The topological polar surface area (TPSA) is 73.6 Å². The van der Waals surface area contributed by atoms with Crippen LogP contribution in [0, 0.1) is 0 Å². The summed E-state index contributed by atoms with van der Waals surface area (Å²) in [6.07, 6.45) is 6.82. The second-order valence-corrected chi connectivity index (χ2v) is 4.03. The Hall–Kier alpha value is -0.810. The summed E-state index contributed by atoms with van der Waals surface area (Å²) in [6.45, 7) is 3.94. The van der Waals surface area contributed by atoms with Crippen molar-refractivity contribution in [2.45, 2.75) is 51.9 Å². The van der Waals surface area contributed by atoms with E-state index >= 15 is 0 Å². The molecule has 0 radical (unpaired) electrons. The summed E-state index contributed by atoms with van der Waals surface area (Å²) in [6, 6.07) is 0. The second kappa shape index (κ2) is 13.3. The molecule has 17 heavy (non-hydrogen) atoms. The quantitative estimate of drug-likeness (QED) is 0.333. The molecule has 3 N–H and O–H groups in total. The first-order valence-electron chi connectivity index (χ1n) is 6.58. The van der Waals surface area contributed by atoms with Gasteiger partial charge in [-0.2, -0.15) is 4.89 Å². The van der Waals surface area contributed by atoms with Crippen LogP contribution in [0.2, 0.25) is 0 Å². The van der Waals surface area contributed by atoms with Crippen LogP contribution in [0.5, 0.6) is 0 Å². The molecular formula is C12H26N2O3. The lowest BCUT2D eigenvalue weighted by atomic mass is 10.2. The van der Waals surface area contributed by atoms with Gasteiger partial charge in [0.25, 0.3) is 0 Å². The lowest BCUT2D eigenvalue weighted by molar-refractivity contribution is -0.239. The molecule has 0 saturated heterocycles. The van der Waals surface area contributed by atoms with E-state index in [0.29, 0.717) is 13.2 Å². The van der Waals surface area contributed by atoms with Crippen LogP contribution in [-0.4, -0.2) is 25.8 Å². The lowest BCUT2D eigenvalue weighted by Crippen LogP contribution is -2.25. The summed E-state index contributed by atoms with van der Waals surface area (Å²) in [5, 5.41) is 2.63. The maximum Gasteiger partial charge on any atom is 0.438 e. The van der Waals surface area contributed by atoms with Crippen molar-refractivity contribution in [1.82, 2.24) is 5.32 Å². The molecule has 0 aromatic heterocycles. The summed E-state index contributed by atoms with van der Waals surface area (Å²) in [5.74, 6) is 0. The molecule has 0 bridgehead atoms. The summed E-state index contributed by atoms with van der Waals surface area (Å²) in [7, 11) is 0. The number of amides is 1. The van der Waals surface area contributed by atoms with Crippen molar-refractivity contribution < 1.29 is 14.6 Å². The predicted molar refractivity (Wildman–Crippen MR) is 67.5 cm³/mol. The Bertz CT molecular complexity index is 177. The SMILES string of the molecule is CCCCCOOC(=O)NCCCCCCN. The summed E-state index contributed by atoms with van der Waals surface area (Å²) in [5.41, 5.74) is 5.37. The highest BCUT2D eigenvalue weighted by Gasteiger charge is 2.01. The third-order valence-corrected chi connectivity index (χ3v) is 2.37. The normalized spacial score (nSPS) is 10.2. The lowest BCUT2D eigenvalue weighted by Gasteiger charge is -2.05. The van der Waals surface area contributed by atoms with Gasteiger partial charge in [-0.1, -0.05) is 32.6 Å². The molecule has 102 valence electrons. The first-order chi connectivity index (χ1) is 8.31. The molecule has 0 atom stereocenters. The van der Waals surface area contributed by atoms with Crippen molar-refractivity contribution in [3.05, 3.63) is 0 Å². The van der Waals surface area contributed by atoms with Crippen molar-refractivity contribution in [2.75, 3.05) is 19.7 Å². The molecule has 0 aliphatic heterocycles. The van der Waals surface area contributed by atoms with Gasteiger partial charge in [-0.15, -0.1) is 0 Å². The minimum atomic E-state index is -0.500. The third-order valence-electron chi connectivity index (χ3n) is 2.37. The van der Waals surface area contributed by atoms with Crippen molar-refractivity contribution >= 4 is 6.09 Å². The number of carbonyl (C=O) groups is 1. The fourth-order valence-corrected chi connectivity index (χ4v) is 1.35. The molecule has 0 spiro atoms. The minimum absolute atomic E-state index is 0.470. The number of nitrogens with one attached hydrogen (secondary N) is 1. The van der Waals surface area contributed by atoms with Crippen LogP contribution in [0.15, 0.2) is 0 Å². The van der Waals surface area contributed by atoms with Gasteiger partial charge in [-0.05, 0) is 25.8 Å². The van der Waals surface area contributed by atoms with Gasteiger partial charge in [0, 0.05) is 6.54 Å². The minimum Gasteiger partial charge on any atom is -0.330 e. The Balaban J connectivity index is 3.12. The third kappa shape index (κ3) is 13.1. The maximum absolute atomic E-state index is 11.1. The van der Waals surface area contributed by atoms with Crippen LogP contribution in [0.4, 0.5) is 4.79 Å². The van der Waals surface area contributed by atoms with Gasteiger partial charge in [-0.3, -0.25) is 4.89 Å². The molecule has 0 fully saturated rings. The number of carbonyl (C=O) groups excluding carboxylic acids is 1. The molecule has 0 aromatic rings. The first kappa shape index (κ1) is 16.2. The van der Waals surface area contributed by atoms with E-state index in [2.05, 4.69) is 17.1 Å². The average molecular weight is 246 g/mol. The maximum atomic E-state index is 11.1. The van der Waals surface area contributed by atoms with E-state index in [0.717, 1.165) is 51.5 Å². The molecule has 0 heterocycles. The zero-order chi connectivity index (χ0) is 12.8. The highest BCUT2D eigenvalue weighted by atomic mass is 17.2. The van der Waals surface area contributed by atoms with Crippen LogP contribution in [0.1, 0.15) is 51.9 Å². The van der Waals surface area contributed by atoms with Crippen molar-refractivity contribution in [3.63, 3.8) is 0 Å². The van der Waals surface area contributed by atoms with E-state index in [1.807, 2.05) is 0 Å². The van der Waals surface area contributed by atoms with Gasteiger partial charge in [0.2, 0.25) is 0 Å². The Morgan fingerprint density at radius 2 is 1.88 bits per heavy atom. The Morgan fingerprint density at radius 3 is 2.59 bits per heavy atom. The van der Waals surface area contributed by atoms with Gasteiger partial charge in [-0.25, -0.2) is 4.79 Å².